The second-order valence-corrected chi connectivity index (χ2v) is 28.5. The van der Waals surface area contributed by atoms with Crippen LogP contribution in [0.4, 0.5) is 0 Å². The third kappa shape index (κ3) is 54.6. The number of amides is 1. The summed E-state index contributed by atoms with van der Waals surface area (Å²) in [5.74, 6) is -0.269. The molecule has 14 nitrogen and oxygen atoms in total. The molecule has 105 heavy (non-hydrogen) atoms. The molecule has 2 rings (SSSR count). The maximum Gasteiger partial charge on any atom is 0.220 e. The van der Waals surface area contributed by atoms with Gasteiger partial charge in [0.1, 0.15) is 48.8 Å². The summed E-state index contributed by atoms with van der Waals surface area (Å²) in [7, 11) is 0. The third-order valence-electron chi connectivity index (χ3n) is 19.1. The van der Waals surface area contributed by atoms with E-state index >= 15 is 0 Å². The van der Waals surface area contributed by atoms with Gasteiger partial charge in [-0.2, -0.15) is 0 Å². The number of aliphatic hydroxyl groups is 8. The first kappa shape index (κ1) is 96.4. The minimum absolute atomic E-state index is 0.246. The molecule has 0 bridgehead atoms. The highest BCUT2D eigenvalue weighted by atomic mass is 16.7. The van der Waals surface area contributed by atoms with Gasteiger partial charge in [0.15, 0.2) is 12.6 Å². The molecule has 598 valence electrons. The Morgan fingerprint density at radius 1 is 0.352 bits per heavy atom. The molecule has 0 radical (unpaired) electrons. The minimum atomic E-state index is -1.80. The molecule has 2 aliphatic rings. The number of nitrogens with one attached hydrogen (secondary N) is 1. The fraction of sp³-hybridized carbons (Fsp3) is 0.681. The maximum absolute atomic E-state index is 13.4. The third-order valence-corrected chi connectivity index (χ3v) is 19.1. The summed E-state index contributed by atoms with van der Waals surface area (Å²) in [6.45, 7) is 2.67. The second kappa shape index (κ2) is 72.2. The lowest BCUT2D eigenvalue weighted by Gasteiger charge is -2.46. The lowest BCUT2D eigenvalue weighted by atomic mass is 9.97. The monoisotopic (exact) mass is 1470 g/mol. The summed E-state index contributed by atoms with van der Waals surface area (Å²) in [6.07, 6.45) is 95.8. The quantitative estimate of drug-likeness (QED) is 0.0204. The van der Waals surface area contributed by atoms with Crippen molar-refractivity contribution < 1.29 is 64.6 Å². The Balaban J connectivity index is 1.65. The molecule has 12 atom stereocenters. The molecule has 0 saturated carbocycles. The van der Waals surface area contributed by atoms with Crippen molar-refractivity contribution >= 4 is 5.91 Å². The number of hydrogen-bond acceptors (Lipinski definition) is 13. The van der Waals surface area contributed by atoms with Crippen LogP contribution in [0.25, 0.3) is 0 Å². The van der Waals surface area contributed by atoms with Crippen LogP contribution in [0.1, 0.15) is 303 Å². The first-order chi connectivity index (χ1) is 51.6. The summed E-state index contributed by atoms with van der Waals surface area (Å²) in [6, 6.07) is -0.959. The van der Waals surface area contributed by atoms with Crippen LogP contribution >= 0.6 is 0 Å². The Morgan fingerprint density at radius 2 is 0.667 bits per heavy atom. The van der Waals surface area contributed by atoms with Crippen molar-refractivity contribution in [3.05, 3.63) is 170 Å². The molecular weight excluding hydrogens is 1310 g/mol. The summed E-state index contributed by atoms with van der Waals surface area (Å²) >= 11 is 0. The van der Waals surface area contributed by atoms with Gasteiger partial charge in [0.2, 0.25) is 5.91 Å². The van der Waals surface area contributed by atoms with Gasteiger partial charge in [0.25, 0.3) is 0 Å². The molecule has 2 fully saturated rings. The van der Waals surface area contributed by atoms with E-state index in [0.29, 0.717) is 12.8 Å². The summed E-state index contributed by atoms with van der Waals surface area (Å²) < 4.78 is 22.9. The highest BCUT2D eigenvalue weighted by Crippen LogP contribution is 2.30. The van der Waals surface area contributed by atoms with Crippen molar-refractivity contribution in [3.8, 4) is 0 Å². The van der Waals surface area contributed by atoms with Gasteiger partial charge in [-0.05, 0) is 128 Å². The van der Waals surface area contributed by atoms with Crippen LogP contribution in [0.5, 0.6) is 0 Å². The highest BCUT2D eigenvalue weighted by Gasteiger charge is 2.51. The average Bonchev–Trinajstić information content (AvgIpc) is 0.769. The van der Waals surface area contributed by atoms with Gasteiger partial charge in [0, 0.05) is 6.42 Å². The molecule has 0 aliphatic carbocycles. The van der Waals surface area contributed by atoms with Gasteiger partial charge < -0.3 is 65.1 Å². The minimum Gasteiger partial charge on any atom is -0.394 e. The van der Waals surface area contributed by atoms with Gasteiger partial charge >= 0.3 is 0 Å². The van der Waals surface area contributed by atoms with E-state index in [0.717, 1.165) is 141 Å². The fourth-order valence-electron chi connectivity index (χ4n) is 12.6. The molecule has 0 aromatic heterocycles. The topological polar surface area (TPSA) is 228 Å². The number of carbonyl (C=O) groups is 1. The smallest absolute Gasteiger partial charge is 0.220 e. The molecule has 2 aliphatic heterocycles. The zero-order chi connectivity index (χ0) is 75.8. The van der Waals surface area contributed by atoms with Crippen molar-refractivity contribution in [3.63, 3.8) is 0 Å². The van der Waals surface area contributed by atoms with Crippen molar-refractivity contribution in [1.82, 2.24) is 5.32 Å². The Morgan fingerprint density at radius 3 is 1.05 bits per heavy atom. The number of rotatable bonds is 68. The van der Waals surface area contributed by atoms with E-state index in [4.69, 9.17) is 18.9 Å². The molecular formula is C91H151NO13. The number of hydrogen-bond donors (Lipinski definition) is 9. The van der Waals surface area contributed by atoms with Gasteiger partial charge in [-0.25, -0.2) is 0 Å². The van der Waals surface area contributed by atoms with E-state index in [2.05, 4.69) is 177 Å². The van der Waals surface area contributed by atoms with Crippen LogP contribution in [0, 0.1) is 0 Å². The Labute approximate surface area is 638 Å². The Bertz CT molecular complexity index is 2430. The van der Waals surface area contributed by atoms with Crippen LogP contribution in [0.15, 0.2) is 170 Å². The maximum atomic E-state index is 13.4. The van der Waals surface area contributed by atoms with E-state index in [-0.39, 0.29) is 18.9 Å². The normalized spacial score (nSPS) is 22.3. The molecule has 12 unspecified atom stereocenters. The zero-order valence-electron chi connectivity index (χ0n) is 65.7. The van der Waals surface area contributed by atoms with Crippen molar-refractivity contribution in [2.45, 2.75) is 376 Å². The first-order valence-corrected chi connectivity index (χ1v) is 41.9. The summed E-state index contributed by atoms with van der Waals surface area (Å²) in [5.41, 5.74) is 0. The Kier molecular flexibility index (Phi) is 66.3. The van der Waals surface area contributed by atoms with E-state index in [1.165, 1.54) is 128 Å². The van der Waals surface area contributed by atoms with Crippen LogP contribution in [0.2, 0.25) is 0 Å². The summed E-state index contributed by atoms with van der Waals surface area (Å²) in [5, 5.41) is 87.7. The molecule has 14 heteroatoms. The average molecular weight is 1470 g/mol. The van der Waals surface area contributed by atoms with E-state index < -0.39 is 86.8 Å². The van der Waals surface area contributed by atoms with Gasteiger partial charge in [0.05, 0.1) is 32.0 Å². The number of ether oxygens (including phenoxy) is 4. The number of allylic oxidation sites excluding steroid dienone is 27. The number of aliphatic hydroxyl groups excluding tert-OH is 8. The molecule has 2 heterocycles. The number of unbranched alkanes of at least 4 members (excludes halogenated alkanes) is 29. The lowest BCUT2D eigenvalue weighted by molar-refractivity contribution is -0.359. The van der Waals surface area contributed by atoms with Gasteiger partial charge in [-0.1, -0.05) is 338 Å². The van der Waals surface area contributed by atoms with Gasteiger partial charge in [-0.15, -0.1) is 0 Å². The van der Waals surface area contributed by atoms with Crippen LogP contribution < -0.4 is 5.32 Å². The first-order valence-electron chi connectivity index (χ1n) is 41.9. The standard InChI is InChI=1S/C91H151NO13/c1-3-5-7-9-11-13-15-17-19-21-23-25-27-29-31-33-35-36-37-38-39-40-41-42-43-44-45-47-49-51-53-55-57-59-61-63-65-67-69-71-73-75-83(96)92-79(78-102-90-88(101)86(99)89(82(77-94)104-90)105-91-87(100)85(98)84(97)81(76-93)103-91)80(95)74-72-70-68-66-64-62-60-58-56-54-52-50-48-46-34-32-30-28-26-24-22-20-18-16-14-12-10-8-6-4-2/h5,7,11,13,17,19,23,25,29,31,35-36,38-39,41-42,44-45,49,51,55-58,64,66,72,74,79-82,84-91,93-95,97-101H,3-4,6,8-10,12,14-16,18,20-22,24,26-28,30,32-34,37,40,43,46-48,50,52-54,59-63,65,67-71,73,75-78H2,1-2H3,(H,92,96)/b7-5-,13-11-,19-17-,25-23-,31-29-,36-35-,39-38-,42-41-,45-44-,51-49-,57-55-,58-56+,66-64+,74-72+. The van der Waals surface area contributed by atoms with Crippen molar-refractivity contribution in [2.75, 3.05) is 19.8 Å². The Hall–Kier alpha value is -4.65. The molecule has 1 amide bonds. The molecule has 0 aromatic rings. The fourth-order valence-corrected chi connectivity index (χ4v) is 12.6. The number of carbonyl (C=O) groups excluding carboxylic acids is 1. The van der Waals surface area contributed by atoms with Gasteiger partial charge in [-0.3, -0.25) is 4.79 Å². The molecule has 9 N–H and O–H groups in total. The summed E-state index contributed by atoms with van der Waals surface area (Å²) in [4.78, 5) is 13.4. The molecule has 0 spiro atoms. The van der Waals surface area contributed by atoms with E-state index in [9.17, 15) is 45.6 Å². The van der Waals surface area contributed by atoms with Crippen molar-refractivity contribution in [1.29, 1.82) is 0 Å². The highest BCUT2D eigenvalue weighted by molar-refractivity contribution is 5.76. The van der Waals surface area contributed by atoms with Crippen LogP contribution in [-0.4, -0.2) is 140 Å². The van der Waals surface area contributed by atoms with Crippen LogP contribution in [-0.2, 0) is 23.7 Å². The van der Waals surface area contributed by atoms with Crippen LogP contribution in [0.3, 0.4) is 0 Å². The van der Waals surface area contributed by atoms with Crippen molar-refractivity contribution in [2.24, 2.45) is 0 Å². The zero-order valence-corrected chi connectivity index (χ0v) is 65.7. The lowest BCUT2D eigenvalue weighted by Crippen LogP contribution is -2.65. The molecule has 2 saturated heterocycles. The second-order valence-electron chi connectivity index (χ2n) is 28.5. The largest absolute Gasteiger partial charge is 0.394 e. The predicted molar refractivity (Wildman–Crippen MR) is 437 cm³/mol. The molecule has 0 aromatic carbocycles. The SMILES string of the molecule is CC/C=C\C/C=C\C/C=C\C/C=C\C/C=C\C/C=C\C/C=C\C/C=C\C/C=C\C/C=C\C/C=C\CCCCCCCCCC(=O)NC(COC1OC(CO)C(OC2OC(CO)C(O)C(O)C2O)C(O)C1O)C(O)/C=C/CC/C=C/CC/C=C/CCCCCCCCCCCCCCCCCCCCCC. The predicted octanol–water partition coefficient (Wildman–Crippen LogP) is 19.9. The van der Waals surface area contributed by atoms with E-state index in [1.807, 2.05) is 6.08 Å². The van der Waals surface area contributed by atoms with E-state index in [1.54, 1.807) is 6.08 Å².